The van der Waals surface area contributed by atoms with Crippen LogP contribution in [0, 0.1) is 0 Å². The van der Waals surface area contributed by atoms with Gasteiger partial charge in [-0.05, 0) is 42.3 Å². The zero-order chi connectivity index (χ0) is 15.2. The number of hydrogen-bond donors (Lipinski definition) is 2. The summed E-state index contributed by atoms with van der Waals surface area (Å²) >= 11 is 0. The lowest BCUT2D eigenvalue weighted by Gasteiger charge is -2.19. The molecule has 21 heavy (non-hydrogen) atoms. The van der Waals surface area contributed by atoms with Crippen LogP contribution in [-0.4, -0.2) is 41.2 Å². The highest BCUT2D eigenvalue weighted by Crippen LogP contribution is 2.14. The Morgan fingerprint density at radius 2 is 2.00 bits per heavy atom. The fourth-order valence-electron chi connectivity index (χ4n) is 2.21. The molecule has 0 amide bonds. The van der Waals surface area contributed by atoms with E-state index in [9.17, 15) is 10.0 Å². The van der Waals surface area contributed by atoms with E-state index in [1.807, 2.05) is 31.3 Å². The summed E-state index contributed by atoms with van der Waals surface area (Å²) in [5.41, 5.74) is 2.28. The number of benzene rings is 1. The molecule has 0 aliphatic rings. The third-order valence-corrected chi connectivity index (χ3v) is 3.23. The van der Waals surface area contributed by atoms with Gasteiger partial charge in [0.25, 0.3) is 0 Å². The number of methoxy groups -OCH3 is 1. The fraction of sp³-hybridized carbons (Fsp3) is 0.267. The second kappa shape index (κ2) is 7.22. The summed E-state index contributed by atoms with van der Waals surface area (Å²) in [5, 5.41) is 18.9. The van der Waals surface area contributed by atoms with Crippen molar-refractivity contribution >= 4 is 12.6 Å². The van der Waals surface area contributed by atoms with Crippen molar-refractivity contribution in [2.24, 2.45) is 0 Å². The Morgan fingerprint density at radius 3 is 2.62 bits per heavy atom. The van der Waals surface area contributed by atoms with Gasteiger partial charge in [-0.25, -0.2) is 0 Å². The van der Waals surface area contributed by atoms with Gasteiger partial charge in [-0.2, -0.15) is 0 Å². The normalized spacial score (nSPS) is 10.7. The number of hydrogen-bond acceptors (Lipinski definition) is 5. The molecule has 2 rings (SSSR count). The van der Waals surface area contributed by atoms with E-state index in [2.05, 4.69) is 9.88 Å². The van der Waals surface area contributed by atoms with E-state index in [1.54, 1.807) is 25.4 Å². The van der Waals surface area contributed by atoms with Gasteiger partial charge >= 0.3 is 7.12 Å². The van der Waals surface area contributed by atoms with E-state index in [-0.39, 0.29) is 0 Å². The molecular formula is C15H19BN2O3. The fourth-order valence-corrected chi connectivity index (χ4v) is 2.21. The zero-order valence-corrected chi connectivity index (χ0v) is 12.2. The molecule has 6 heteroatoms. The van der Waals surface area contributed by atoms with Crippen LogP contribution in [0.3, 0.4) is 0 Å². The summed E-state index contributed by atoms with van der Waals surface area (Å²) in [5.74, 6) is 0.695. The van der Waals surface area contributed by atoms with Crippen LogP contribution in [0.2, 0.25) is 0 Å². The van der Waals surface area contributed by atoms with E-state index in [4.69, 9.17) is 4.74 Å². The van der Waals surface area contributed by atoms with Crippen LogP contribution in [0.15, 0.2) is 42.6 Å². The highest BCUT2D eigenvalue weighted by Gasteiger charge is 2.17. The van der Waals surface area contributed by atoms with E-state index in [1.165, 1.54) is 0 Å². The van der Waals surface area contributed by atoms with Crippen LogP contribution in [0.1, 0.15) is 11.3 Å². The van der Waals surface area contributed by atoms with Crippen molar-refractivity contribution < 1.29 is 14.8 Å². The third kappa shape index (κ3) is 4.29. The average Bonchev–Trinajstić information content (AvgIpc) is 2.47. The van der Waals surface area contributed by atoms with E-state index >= 15 is 0 Å². The second-order valence-electron chi connectivity index (χ2n) is 4.93. The standard InChI is InChI=1S/C15H19BN2O3/c1-18(11-13-5-3-4-8-17-13)10-12-9-14(21-2)6-7-15(12)16(19)20/h3-9,19-20H,10-11H2,1-2H3. The molecular weight excluding hydrogens is 267 g/mol. The molecule has 0 spiro atoms. The molecule has 5 nitrogen and oxygen atoms in total. The van der Waals surface area contributed by atoms with E-state index < -0.39 is 7.12 Å². The maximum absolute atomic E-state index is 9.45. The molecule has 0 bridgehead atoms. The summed E-state index contributed by atoms with van der Waals surface area (Å²) in [6.07, 6.45) is 1.76. The van der Waals surface area contributed by atoms with Crippen molar-refractivity contribution in [1.82, 2.24) is 9.88 Å². The number of nitrogens with zero attached hydrogens (tertiary/aromatic N) is 2. The Labute approximate surface area is 125 Å². The van der Waals surface area contributed by atoms with Crippen LogP contribution < -0.4 is 10.2 Å². The summed E-state index contributed by atoms with van der Waals surface area (Å²) in [4.78, 5) is 6.34. The number of ether oxygens (including phenoxy) is 1. The number of pyridine rings is 1. The van der Waals surface area contributed by atoms with Gasteiger partial charge in [-0.15, -0.1) is 0 Å². The Bertz CT molecular complexity index is 578. The first kappa shape index (κ1) is 15.5. The Hall–Kier alpha value is -1.89. The zero-order valence-electron chi connectivity index (χ0n) is 12.2. The van der Waals surface area contributed by atoms with Gasteiger partial charge in [0.05, 0.1) is 12.8 Å². The summed E-state index contributed by atoms with van der Waals surface area (Å²) in [6.45, 7) is 1.25. The first-order chi connectivity index (χ1) is 10.1. The summed E-state index contributed by atoms with van der Waals surface area (Å²) < 4.78 is 5.20. The van der Waals surface area contributed by atoms with Crippen molar-refractivity contribution in [3.63, 3.8) is 0 Å². The molecule has 0 aliphatic carbocycles. The van der Waals surface area contributed by atoms with Gasteiger partial charge in [-0.3, -0.25) is 9.88 Å². The Morgan fingerprint density at radius 1 is 1.19 bits per heavy atom. The van der Waals surface area contributed by atoms with Crippen molar-refractivity contribution in [2.45, 2.75) is 13.1 Å². The highest BCUT2D eigenvalue weighted by atomic mass is 16.5. The average molecular weight is 286 g/mol. The minimum absolute atomic E-state index is 0.490. The van der Waals surface area contributed by atoms with Crippen molar-refractivity contribution in [3.05, 3.63) is 53.9 Å². The number of aromatic nitrogens is 1. The van der Waals surface area contributed by atoms with Gasteiger partial charge in [0.15, 0.2) is 0 Å². The SMILES string of the molecule is COc1ccc(B(O)O)c(CN(C)Cc2ccccn2)c1. The number of rotatable bonds is 6. The van der Waals surface area contributed by atoms with Gasteiger partial charge < -0.3 is 14.8 Å². The summed E-state index contributed by atoms with van der Waals surface area (Å²) in [7, 11) is 2.06. The van der Waals surface area contributed by atoms with Gasteiger partial charge in [0, 0.05) is 19.3 Å². The van der Waals surface area contributed by atoms with Crippen molar-refractivity contribution in [2.75, 3.05) is 14.2 Å². The molecule has 0 aliphatic heterocycles. The molecule has 1 aromatic carbocycles. The van der Waals surface area contributed by atoms with Crippen LogP contribution >= 0.6 is 0 Å². The maximum atomic E-state index is 9.45. The lowest BCUT2D eigenvalue weighted by Crippen LogP contribution is -2.35. The predicted octanol–water partition coefficient (Wildman–Crippen LogP) is 0.402. The minimum Gasteiger partial charge on any atom is -0.497 e. The molecule has 0 fully saturated rings. The molecule has 0 unspecified atom stereocenters. The van der Waals surface area contributed by atoms with Crippen LogP contribution in [0.4, 0.5) is 0 Å². The lowest BCUT2D eigenvalue weighted by atomic mass is 9.77. The molecule has 0 radical (unpaired) electrons. The van der Waals surface area contributed by atoms with Gasteiger partial charge in [-0.1, -0.05) is 12.1 Å². The van der Waals surface area contributed by atoms with E-state index in [0.29, 0.717) is 24.3 Å². The highest BCUT2D eigenvalue weighted by molar-refractivity contribution is 6.59. The first-order valence-corrected chi connectivity index (χ1v) is 6.71. The van der Waals surface area contributed by atoms with Gasteiger partial charge in [0.2, 0.25) is 0 Å². The quantitative estimate of drug-likeness (QED) is 0.753. The topological polar surface area (TPSA) is 65.8 Å². The second-order valence-corrected chi connectivity index (χ2v) is 4.93. The minimum atomic E-state index is -1.49. The third-order valence-electron chi connectivity index (χ3n) is 3.23. The Kier molecular flexibility index (Phi) is 5.33. The summed E-state index contributed by atoms with van der Waals surface area (Å²) in [6, 6.07) is 11.0. The van der Waals surface area contributed by atoms with Crippen LogP contribution in [0.5, 0.6) is 5.75 Å². The van der Waals surface area contributed by atoms with Crippen LogP contribution in [0.25, 0.3) is 0 Å². The first-order valence-electron chi connectivity index (χ1n) is 6.71. The van der Waals surface area contributed by atoms with Gasteiger partial charge in [0.1, 0.15) is 5.75 Å². The molecule has 1 heterocycles. The molecule has 0 saturated heterocycles. The molecule has 2 aromatic rings. The lowest BCUT2D eigenvalue weighted by molar-refractivity contribution is 0.314. The predicted molar refractivity (Wildman–Crippen MR) is 82.2 cm³/mol. The van der Waals surface area contributed by atoms with E-state index in [0.717, 1.165) is 11.3 Å². The molecule has 0 atom stereocenters. The monoisotopic (exact) mass is 286 g/mol. The smallest absolute Gasteiger partial charge is 0.488 e. The molecule has 2 N–H and O–H groups in total. The molecule has 110 valence electrons. The molecule has 1 aromatic heterocycles. The largest absolute Gasteiger partial charge is 0.497 e. The molecule has 0 saturated carbocycles. The van der Waals surface area contributed by atoms with Crippen molar-refractivity contribution in [3.8, 4) is 5.75 Å². The maximum Gasteiger partial charge on any atom is 0.488 e. The Balaban J connectivity index is 2.13. The van der Waals surface area contributed by atoms with Crippen molar-refractivity contribution in [1.29, 1.82) is 0 Å². The van der Waals surface area contributed by atoms with Crippen LogP contribution in [-0.2, 0) is 13.1 Å².